The summed E-state index contributed by atoms with van der Waals surface area (Å²) in [6, 6.07) is 0.703. The maximum atomic E-state index is 10.1. The van der Waals surface area contributed by atoms with Crippen LogP contribution in [0.1, 0.15) is 62.0 Å². The molecule has 2 aromatic heterocycles. The molecular weight excluding hydrogens is 322 g/mol. The van der Waals surface area contributed by atoms with E-state index in [1.165, 1.54) is 18.5 Å². The molecule has 0 aromatic carbocycles. The quantitative estimate of drug-likeness (QED) is 0.838. The van der Waals surface area contributed by atoms with Crippen molar-refractivity contribution in [3.8, 4) is 0 Å². The molecule has 6 nitrogen and oxygen atoms in total. The van der Waals surface area contributed by atoms with Crippen LogP contribution < -0.4 is 5.32 Å². The predicted octanol–water partition coefficient (Wildman–Crippen LogP) is 2.59. The fourth-order valence-corrected chi connectivity index (χ4v) is 3.94. The lowest BCUT2D eigenvalue weighted by molar-refractivity contribution is 0.0736. The minimum absolute atomic E-state index is 0.305. The minimum Gasteiger partial charge on any atom is -0.384 e. The van der Waals surface area contributed by atoms with Gasteiger partial charge in [0.1, 0.15) is 11.3 Å². The Bertz CT molecular complexity index is 660. The van der Waals surface area contributed by atoms with Crippen molar-refractivity contribution < 1.29 is 5.11 Å². The summed E-state index contributed by atoms with van der Waals surface area (Å²) in [5.74, 6) is 0. The van der Waals surface area contributed by atoms with Crippen LogP contribution >= 0.6 is 11.3 Å². The standard InChI is InChI=1S/C17H27N5OS/c1-12-19-13(11-24-12)8-9-18-14-6-4-5-7-15(14)22-10-16(20-21-22)17(2,3)23/h10-11,14-15,18,23H,4-9H2,1-3H3/t14-,15+/m0/s1. The van der Waals surface area contributed by atoms with Crippen LogP contribution in [0, 0.1) is 6.92 Å². The number of aromatic nitrogens is 4. The van der Waals surface area contributed by atoms with Gasteiger partial charge >= 0.3 is 0 Å². The number of aryl methyl sites for hydroxylation is 1. The van der Waals surface area contributed by atoms with Crippen molar-refractivity contribution in [2.45, 2.75) is 70.6 Å². The molecule has 2 N–H and O–H groups in total. The average Bonchev–Trinajstić information content (AvgIpc) is 3.17. The molecule has 0 saturated heterocycles. The predicted molar refractivity (Wildman–Crippen MR) is 95.1 cm³/mol. The highest BCUT2D eigenvalue weighted by atomic mass is 32.1. The van der Waals surface area contributed by atoms with Crippen molar-refractivity contribution in [2.24, 2.45) is 0 Å². The summed E-state index contributed by atoms with van der Waals surface area (Å²) in [5.41, 5.74) is 0.852. The highest BCUT2D eigenvalue weighted by molar-refractivity contribution is 7.09. The molecule has 0 aliphatic heterocycles. The minimum atomic E-state index is -0.946. The molecule has 7 heteroatoms. The molecule has 24 heavy (non-hydrogen) atoms. The first-order valence-electron chi connectivity index (χ1n) is 8.72. The molecule has 1 saturated carbocycles. The second-order valence-electron chi connectivity index (χ2n) is 7.16. The van der Waals surface area contributed by atoms with Gasteiger partial charge in [-0.1, -0.05) is 18.1 Å². The Morgan fingerprint density at radius 1 is 1.38 bits per heavy atom. The lowest BCUT2D eigenvalue weighted by Gasteiger charge is -2.32. The van der Waals surface area contributed by atoms with E-state index in [-0.39, 0.29) is 0 Å². The van der Waals surface area contributed by atoms with Crippen LogP contribution in [-0.2, 0) is 12.0 Å². The van der Waals surface area contributed by atoms with E-state index in [9.17, 15) is 5.11 Å². The van der Waals surface area contributed by atoms with Crippen molar-refractivity contribution in [1.29, 1.82) is 0 Å². The van der Waals surface area contributed by atoms with Gasteiger partial charge in [0.05, 0.1) is 22.9 Å². The van der Waals surface area contributed by atoms with Gasteiger partial charge in [-0.05, 0) is 33.6 Å². The summed E-state index contributed by atoms with van der Waals surface area (Å²) < 4.78 is 1.94. The monoisotopic (exact) mass is 349 g/mol. The maximum absolute atomic E-state index is 10.1. The Labute approximate surface area is 147 Å². The molecule has 1 aliphatic rings. The zero-order chi connectivity index (χ0) is 17.2. The first kappa shape index (κ1) is 17.5. The molecule has 1 fully saturated rings. The first-order chi connectivity index (χ1) is 11.4. The van der Waals surface area contributed by atoms with Crippen molar-refractivity contribution >= 4 is 11.3 Å². The van der Waals surface area contributed by atoms with Gasteiger partial charge in [-0.2, -0.15) is 0 Å². The van der Waals surface area contributed by atoms with Gasteiger partial charge in [-0.3, -0.25) is 0 Å². The summed E-state index contributed by atoms with van der Waals surface area (Å²) >= 11 is 1.71. The summed E-state index contributed by atoms with van der Waals surface area (Å²) in [7, 11) is 0. The molecule has 0 spiro atoms. The fourth-order valence-electron chi connectivity index (χ4n) is 3.29. The van der Waals surface area contributed by atoms with E-state index in [1.807, 2.05) is 17.8 Å². The third-order valence-electron chi connectivity index (χ3n) is 4.66. The van der Waals surface area contributed by atoms with Crippen LogP contribution in [0.3, 0.4) is 0 Å². The van der Waals surface area contributed by atoms with E-state index in [1.54, 1.807) is 25.2 Å². The Morgan fingerprint density at radius 3 is 2.83 bits per heavy atom. The van der Waals surface area contributed by atoms with Crippen LogP contribution in [0.5, 0.6) is 0 Å². The normalized spacial score (nSPS) is 22.0. The Hall–Kier alpha value is -1.31. The zero-order valence-corrected chi connectivity index (χ0v) is 15.5. The number of hydrogen-bond acceptors (Lipinski definition) is 6. The summed E-state index contributed by atoms with van der Waals surface area (Å²) in [4.78, 5) is 4.52. The lowest BCUT2D eigenvalue weighted by atomic mass is 9.90. The molecular formula is C17H27N5OS. The van der Waals surface area contributed by atoms with E-state index in [0.29, 0.717) is 17.8 Å². The maximum Gasteiger partial charge on any atom is 0.114 e. The molecule has 0 unspecified atom stereocenters. The molecule has 0 amide bonds. The lowest BCUT2D eigenvalue weighted by Crippen LogP contribution is -2.41. The van der Waals surface area contributed by atoms with Crippen LogP contribution in [0.25, 0.3) is 0 Å². The van der Waals surface area contributed by atoms with Gasteiger partial charge in [-0.15, -0.1) is 16.4 Å². The molecule has 2 heterocycles. The smallest absolute Gasteiger partial charge is 0.114 e. The number of nitrogens with one attached hydrogen (secondary N) is 1. The summed E-state index contributed by atoms with van der Waals surface area (Å²) in [6.45, 7) is 6.46. The van der Waals surface area contributed by atoms with Crippen LogP contribution in [-0.4, -0.2) is 37.7 Å². The summed E-state index contributed by atoms with van der Waals surface area (Å²) in [5, 5.41) is 25.5. The van der Waals surface area contributed by atoms with E-state index < -0.39 is 5.60 Å². The Balaban J connectivity index is 1.61. The van der Waals surface area contributed by atoms with Gasteiger partial charge < -0.3 is 10.4 Å². The second-order valence-corrected chi connectivity index (χ2v) is 8.23. The Kier molecular flexibility index (Phi) is 5.32. The van der Waals surface area contributed by atoms with Gasteiger partial charge in [-0.25, -0.2) is 9.67 Å². The Morgan fingerprint density at radius 2 is 2.17 bits per heavy atom. The molecule has 2 atom stereocenters. The molecule has 0 bridgehead atoms. The second kappa shape index (κ2) is 7.29. The molecule has 0 radical (unpaired) electrons. The third-order valence-corrected chi connectivity index (χ3v) is 5.48. The third kappa shape index (κ3) is 4.20. The number of thiazole rings is 1. The largest absolute Gasteiger partial charge is 0.384 e. The molecule has 132 valence electrons. The molecule has 2 aromatic rings. The molecule has 1 aliphatic carbocycles. The van der Waals surface area contributed by atoms with Gasteiger partial charge in [0.2, 0.25) is 0 Å². The topological polar surface area (TPSA) is 75.9 Å². The van der Waals surface area contributed by atoms with Gasteiger partial charge in [0.15, 0.2) is 0 Å². The van der Waals surface area contributed by atoms with Crippen molar-refractivity contribution in [1.82, 2.24) is 25.3 Å². The first-order valence-corrected chi connectivity index (χ1v) is 9.60. The average molecular weight is 350 g/mol. The highest BCUT2D eigenvalue weighted by Gasteiger charge is 2.29. The number of rotatable bonds is 6. The number of aliphatic hydroxyl groups is 1. The van der Waals surface area contributed by atoms with Crippen LogP contribution in [0.15, 0.2) is 11.6 Å². The van der Waals surface area contributed by atoms with Crippen LogP contribution in [0.4, 0.5) is 0 Å². The SMILES string of the molecule is Cc1nc(CCN[C@H]2CCCC[C@H]2n2cc(C(C)(C)O)nn2)cs1. The summed E-state index contributed by atoms with van der Waals surface area (Å²) in [6.07, 6.45) is 7.57. The van der Waals surface area contributed by atoms with E-state index >= 15 is 0 Å². The van der Waals surface area contributed by atoms with Crippen LogP contribution in [0.2, 0.25) is 0 Å². The molecule has 3 rings (SSSR count). The fraction of sp³-hybridized carbons (Fsp3) is 0.706. The van der Waals surface area contributed by atoms with E-state index in [2.05, 4.69) is 26.0 Å². The zero-order valence-electron chi connectivity index (χ0n) is 14.7. The van der Waals surface area contributed by atoms with Gasteiger partial charge in [0.25, 0.3) is 0 Å². The number of hydrogen-bond donors (Lipinski definition) is 2. The van der Waals surface area contributed by atoms with E-state index in [0.717, 1.165) is 30.8 Å². The van der Waals surface area contributed by atoms with E-state index in [4.69, 9.17) is 0 Å². The number of nitrogens with zero attached hydrogens (tertiary/aromatic N) is 4. The van der Waals surface area contributed by atoms with Gasteiger partial charge in [0, 0.05) is 24.4 Å². The van der Waals surface area contributed by atoms with Crippen molar-refractivity contribution in [3.05, 3.63) is 28.0 Å². The van der Waals surface area contributed by atoms with Crippen molar-refractivity contribution in [2.75, 3.05) is 6.54 Å². The highest BCUT2D eigenvalue weighted by Crippen LogP contribution is 2.29. The van der Waals surface area contributed by atoms with Crippen molar-refractivity contribution in [3.63, 3.8) is 0 Å².